The van der Waals surface area contributed by atoms with Gasteiger partial charge in [-0.15, -0.1) is 0 Å². The van der Waals surface area contributed by atoms with Gasteiger partial charge in [0.25, 0.3) is 0 Å². The van der Waals surface area contributed by atoms with Crippen LogP contribution in [0, 0.1) is 0 Å². The summed E-state index contributed by atoms with van der Waals surface area (Å²) >= 11 is 0. The quantitative estimate of drug-likeness (QED) is 0.546. The molecule has 100 valence electrons. The lowest BCUT2D eigenvalue weighted by molar-refractivity contribution is 1.41. The average Bonchev–Trinajstić information content (AvgIpc) is 2.55. The van der Waals surface area contributed by atoms with Gasteiger partial charge in [-0.1, -0.05) is 36.4 Å². The molecule has 1 aromatic heterocycles. The molecule has 0 aliphatic rings. The smallest absolute Gasteiger partial charge is 0.0703 e. The number of fused-ring (bicyclic) bond motifs is 2. The van der Waals surface area contributed by atoms with Crippen LogP contribution >= 0.6 is 0 Å². The minimum Gasteiger partial charge on any atom is -0.355 e. The highest BCUT2D eigenvalue weighted by atomic mass is 14.9. The molecule has 0 aliphatic carbocycles. The molecule has 0 saturated carbocycles. The largest absolute Gasteiger partial charge is 0.355 e. The van der Waals surface area contributed by atoms with Crippen LogP contribution in [0.25, 0.3) is 21.7 Å². The normalized spacial score (nSPS) is 10.9. The number of anilines is 2. The molecule has 0 saturated heterocycles. The molecule has 1 N–H and O–H groups in total. The molecule has 2 heteroatoms. The Kier molecular flexibility index (Phi) is 2.79. The highest BCUT2D eigenvalue weighted by Crippen LogP contribution is 2.24. The third-order valence-corrected chi connectivity index (χ3v) is 3.64. The Bertz CT molecular complexity index is 851. The zero-order valence-electron chi connectivity index (χ0n) is 11.5. The molecule has 2 nitrogen and oxygen atoms in total. The Morgan fingerprint density at radius 1 is 0.619 bits per heavy atom. The van der Waals surface area contributed by atoms with Crippen molar-refractivity contribution >= 4 is 33.1 Å². The molecular formula is C19H14N2. The average molecular weight is 270 g/mol. The Labute approximate surface area is 123 Å². The van der Waals surface area contributed by atoms with Gasteiger partial charge < -0.3 is 5.32 Å². The van der Waals surface area contributed by atoms with Crippen LogP contribution in [0.4, 0.5) is 11.4 Å². The van der Waals surface area contributed by atoms with Crippen molar-refractivity contribution < 1.29 is 0 Å². The number of hydrogen-bond donors (Lipinski definition) is 1. The number of benzene rings is 3. The summed E-state index contributed by atoms with van der Waals surface area (Å²) in [5.74, 6) is 0. The van der Waals surface area contributed by atoms with Crippen molar-refractivity contribution in [3.8, 4) is 0 Å². The molecule has 0 spiro atoms. The van der Waals surface area contributed by atoms with E-state index >= 15 is 0 Å². The summed E-state index contributed by atoms with van der Waals surface area (Å²) in [4.78, 5) is 4.34. The molecule has 4 aromatic rings. The van der Waals surface area contributed by atoms with Crippen molar-refractivity contribution in [2.75, 3.05) is 5.32 Å². The second-order valence-electron chi connectivity index (χ2n) is 5.10. The third-order valence-electron chi connectivity index (χ3n) is 3.64. The van der Waals surface area contributed by atoms with E-state index in [9.17, 15) is 0 Å². The number of aromatic nitrogens is 1. The topological polar surface area (TPSA) is 24.9 Å². The van der Waals surface area contributed by atoms with Crippen LogP contribution in [0.5, 0.6) is 0 Å². The molecule has 0 radical (unpaired) electrons. The monoisotopic (exact) mass is 270 g/mol. The summed E-state index contributed by atoms with van der Waals surface area (Å²) < 4.78 is 0. The van der Waals surface area contributed by atoms with Crippen LogP contribution in [0.1, 0.15) is 0 Å². The van der Waals surface area contributed by atoms with Gasteiger partial charge in [-0.05, 0) is 47.2 Å². The van der Waals surface area contributed by atoms with E-state index < -0.39 is 0 Å². The molecular weight excluding hydrogens is 256 g/mol. The first-order valence-corrected chi connectivity index (χ1v) is 6.99. The fourth-order valence-electron chi connectivity index (χ4n) is 2.59. The molecule has 3 aromatic carbocycles. The Morgan fingerprint density at radius 2 is 1.33 bits per heavy atom. The van der Waals surface area contributed by atoms with E-state index in [1.54, 1.807) is 0 Å². The fourth-order valence-corrected chi connectivity index (χ4v) is 2.59. The van der Waals surface area contributed by atoms with Gasteiger partial charge in [0.1, 0.15) is 0 Å². The van der Waals surface area contributed by atoms with E-state index in [1.807, 2.05) is 18.3 Å². The first-order chi connectivity index (χ1) is 10.4. The molecule has 0 unspecified atom stereocenters. The van der Waals surface area contributed by atoms with Gasteiger partial charge in [-0.25, -0.2) is 0 Å². The van der Waals surface area contributed by atoms with Gasteiger partial charge in [0.15, 0.2) is 0 Å². The van der Waals surface area contributed by atoms with Crippen molar-refractivity contribution in [3.05, 3.63) is 79.0 Å². The van der Waals surface area contributed by atoms with E-state index in [-0.39, 0.29) is 0 Å². The van der Waals surface area contributed by atoms with E-state index in [0.717, 1.165) is 22.3 Å². The minimum absolute atomic E-state index is 1.02. The number of nitrogens with zero attached hydrogens (tertiary/aromatic N) is 1. The fraction of sp³-hybridized carbons (Fsp3) is 0. The van der Waals surface area contributed by atoms with Gasteiger partial charge in [-0.2, -0.15) is 0 Å². The summed E-state index contributed by atoms with van der Waals surface area (Å²) in [6.45, 7) is 0. The number of rotatable bonds is 2. The second kappa shape index (κ2) is 4.91. The van der Waals surface area contributed by atoms with Crippen molar-refractivity contribution in [2.24, 2.45) is 0 Å². The van der Waals surface area contributed by atoms with E-state index in [1.165, 1.54) is 10.8 Å². The standard InChI is InChI=1S/C19H14N2/c1-2-5-15-12-17(8-7-14(15)4-1)21-18-9-10-19-16(13-18)6-3-11-20-19/h1-13,21H. The van der Waals surface area contributed by atoms with Crippen LogP contribution < -0.4 is 5.32 Å². The molecule has 0 aliphatic heterocycles. The highest BCUT2D eigenvalue weighted by molar-refractivity contribution is 5.88. The number of hydrogen-bond acceptors (Lipinski definition) is 2. The Balaban J connectivity index is 1.71. The Morgan fingerprint density at radius 3 is 2.24 bits per heavy atom. The first kappa shape index (κ1) is 11.9. The first-order valence-electron chi connectivity index (χ1n) is 6.99. The highest BCUT2D eigenvalue weighted by Gasteiger charge is 1.99. The zero-order valence-corrected chi connectivity index (χ0v) is 11.5. The van der Waals surface area contributed by atoms with E-state index in [2.05, 4.69) is 71.0 Å². The van der Waals surface area contributed by atoms with Crippen LogP contribution in [0.3, 0.4) is 0 Å². The summed E-state index contributed by atoms with van der Waals surface area (Å²) in [6, 6.07) is 25.1. The maximum atomic E-state index is 4.34. The lowest BCUT2D eigenvalue weighted by Gasteiger charge is -2.08. The third kappa shape index (κ3) is 2.32. The molecule has 0 atom stereocenters. The zero-order chi connectivity index (χ0) is 14.1. The summed E-state index contributed by atoms with van der Waals surface area (Å²) in [5.41, 5.74) is 3.18. The van der Waals surface area contributed by atoms with Crippen molar-refractivity contribution in [1.82, 2.24) is 4.98 Å². The van der Waals surface area contributed by atoms with Crippen molar-refractivity contribution in [3.63, 3.8) is 0 Å². The maximum absolute atomic E-state index is 4.34. The van der Waals surface area contributed by atoms with Crippen LogP contribution in [-0.4, -0.2) is 4.98 Å². The second-order valence-corrected chi connectivity index (χ2v) is 5.10. The lowest BCUT2D eigenvalue weighted by Crippen LogP contribution is -1.90. The van der Waals surface area contributed by atoms with Gasteiger partial charge in [-0.3, -0.25) is 4.98 Å². The summed E-state index contributed by atoms with van der Waals surface area (Å²) in [5, 5.41) is 7.10. The van der Waals surface area contributed by atoms with Crippen LogP contribution in [-0.2, 0) is 0 Å². The molecule has 0 bridgehead atoms. The Hall–Kier alpha value is -2.87. The SMILES string of the molecule is c1ccc2cc(Nc3ccc4ncccc4c3)ccc2c1. The molecule has 21 heavy (non-hydrogen) atoms. The van der Waals surface area contributed by atoms with Gasteiger partial charge in [0.2, 0.25) is 0 Å². The molecule has 0 fully saturated rings. The minimum atomic E-state index is 1.02. The summed E-state index contributed by atoms with van der Waals surface area (Å²) in [7, 11) is 0. The summed E-state index contributed by atoms with van der Waals surface area (Å²) in [6.07, 6.45) is 1.82. The van der Waals surface area contributed by atoms with Crippen molar-refractivity contribution in [2.45, 2.75) is 0 Å². The van der Waals surface area contributed by atoms with Crippen molar-refractivity contribution in [1.29, 1.82) is 0 Å². The van der Waals surface area contributed by atoms with Crippen LogP contribution in [0.15, 0.2) is 79.0 Å². The molecule has 4 rings (SSSR count). The van der Waals surface area contributed by atoms with Gasteiger partial charge in [0, 0.05) is 23.0 Å². The van der Waals surface area contributed by atoms with E-state index in [4.69, 9.17) is 0 Å². The molecule has 1 heterocycles. The number of nitrogens with one attached hydrogen (secondary N) is 1. The lowest BCUT2D eigenvalue weighted by atomic mass is 10.1. The van der Waals surface area contributed by atoms with Gasteiger partial charge in [0.05, 0.1) is 5.52 Å². The van der Waals surface area contributed by atoms with E-state index in [0.29, 0.717) is 0 Å². The van der Waals surface area contributed by atoms with Crippen LogP contribution in [0.2, 0.25) is 0 Å². The number of pyridine rings is 1. The molecule has 0 amide bonds. The predicted octanol–water partition coefficient (Wildman–Crippen LogP) is 5.13. The maximum Gasteiger partial charge on any atom is 0.0703 e. The predicted molar refractivity (Wildman–Crippen MR) is 89.0 cm³/mol. The van der Waals surface area contributed by atoms with Gasteiger partial charge >= 0.3 is 0 Å².